The lowest BCUT2D eigenvalue weighted by molar-refractivity contribution is -0.132. The van der Waals surface area contributed by atoms with Crippen LogP contribution in [0.1, 0.15) is 31.2 Å². The van der Waals surface area contributed by atoms with Crippen molar-refractivity contribution in [1.82, 2.24) is 15.1 Å². The molecule has 0 saturated carbocycles. The summed E-state index contributed by atoms with van der Waals surface area (Å²) < 4.78 is 26.9. The van der Waals surface area contributed by atoms with Crippen LogP contribution in [-0.2, 0) is 20.9 Å². The number of imide groups is 1. The van der Waals surface area contributed by atoms with Gasteiger partial charge in [-0.2, -0.15) is 0 Å². The second-order valence-electron chi connectivity index (χ2n) is 9.02. The van der Waals surface area contributed by atoms with E-state index in [2.05, 4.69) is 10.6 Å². The molecule has 0 bridgehead atoms. The molecule has 2 aromatic rings. The average Bonchev–Trinajstić information content (AvgIpc) is 3.39. The summed E-state index contributed by atoms with van der Waals surface area (Å²) in [5.74, 6) is -1.92. The number of hydrogen-bond acceptors (Lipinski definition) is 5. The van der Waals surface area contributed by atoms with Crippen molar-refractivity contribution in [3.63, 3.8) is 0 Å². The van der Waals surface area contributed by atoms with Gasteiger partial charge in [0, 0.05) is 19.5 Å². The Morgan fingerprint density at radius 3 is 2.47 bits per heavy atom. The third kappa shape index (κ3) is 6.77. The molecular weight excluding hydrogens is 514 g/mol. The van der Waals surface area contributed by atoms with E-state index in [4.69, 9.17) is 0 Å². The normalized spacial score (nSPS) is 18.5. The molecule has 1 fully saturated rings. The van der Waals surface area contributed by atoms with Crippen LogP contribution >= 0.6 is 11.8 Å². The Morgan fingerprint density at radius 2 is 1.71 bits per heavy atom. The molecule has 0 spiro atoms. The van der Waals surface area contributed by atoms with Gasteiger partial charge in [-0.3, -0.25) is 19.3 Å². The molecule has 38 heavy (non-hydrogen) atoms. The average molecular weight is 543 g/mol. The summed E-state index contributed by atoms with van der Waals surface area (Å²) in [5, 5.41) is 6.48. The van der Waals surface area contributed by atoms with E-state index in [9.17, 15) is 28.0 Å². The van der Waals surface area contributed by atoms with E-state index in [-0.39, 0.29) is 42.8 Å². The predicted octanol–water partition coefficient (Wildman–Crippen LogP) is 4.04. The smallest absolute Gasteiger partial charge is 0.327 e. The molecule has 2 N–H and O–H groups in total. The number of rotatable bonds is 11. The van der Waals surface area contributed by atoms with Crippen molar-refractivity contribution in [2.45, 2.75) is 43.5 Å². The van der Waals surface area contributed by atoms with Gasteiger partial charge in [-0.25, -0.2) is 13.6 Å². The fourth-order valence-corrected chi connectivity index (χ4v) is 5.37. The zero-order valence-electron chi connectivity index (χ0n) is 20.6. The molecule has 11 heteroatoms. The van der Waals surface area contributed by atoms with Gasteiger partial charge >= 0.3 is 6.03 Å². The number of hydrogen-bond donors (Lipinski definition) is 2. The molecule has 2 aliphatic heterocycles. The lowest BCUT2D eigenvalue weighted by Gasteiger charge is -2.41. The molecule has 1 saturated heterocycles. The van der Waals surface area contributed by atoms with E-state index >= 15 is 0 Å². The number of halogens is 2. The molecule has 200 valence electrons. The van der Waals surface area contributed by atoms with Crippen molar-refractivity contribution in [3.05, 3.63) is 77.2 Å². The van der Waals surface area contributed by atoms with Crippen molar-refractivity contribution in [2.75, 3.05) is 18.4 Å². The number of thioether (sulfide) groups is 1. The highest BCUT2D eigenvalue weighted by Gasteiger charge is 2.47. The fraction of sp³-hybridized carbons (Fsp3) is 0.333. The predicted molar refractivity (Wildman–Crippen MR) is 140 cm³/mol. The van der Waals surface area contributed by atoms with Crippen molar-refractivity contribution in [3.8, 4) is 0 Å². The van der Waals surface area contributed by atoms with Crippen LogP contribution in [0.3, 0.4) is 0 Å². The fourth-order valence-electron chi connectivity index (χ4n) is 4.30. The monoisotopic (exact) mass is 542 g/mol. The number of unbranched alkanes of at least 4 members (excludes halogenated alkanes) is 2. The van der Waals surface area contributed by atoms with Gasteiger partial charge in [0.25, 0.3) is 0 Å². The van der Waals surface area contributed by atoms with E-state index in [0.29, 0.717) is 25.8 Å². The molecule has 2 heterocycles. The third-order valence-electron chi connectivity index (χ3n) is 6.31. The highest BCUT2D eigenvalue weighted by Crippen LogP contribution is 2.34. The van der Waals surface area contributed by atoms with Crippen LogP contribution < -0.4 is 10.6 Å². The van der Waals surface area contributed by atoms with Gasteiger partial charge in [0.2, 0.25) is 17.7 Å². The maximum atomic E-state index is 13.9. The van der Waals surface area contributed by atoms with E-state index in [1.807, 2.05) is 0 Å². The summed E-state index contributed by atoms with van der Waals surface area (Å²) in [7, 11) is 0. The van der Waals surface area contributed by atoms with Crippen LogP contribution in [-0.4, -0.2) is 57.9 Å². The zero-order valence-corrected chi connectivity index (χ0v) is 21.4. The number of nitrogens with one attached hydrogen (secondary N) is 2. The summed E-state index contributed by atoms with van der Waals surface area (Å²) in [4.78, 5) is 53.4. The number of fused-ring (bicyclic) bond motifs is 1. The molecule has 5 amide bonds. The molecule has 0 aromatic heterocycles. The van der Waals surface area contributed by atoms with Crippen LogP contribution in [0.25, 0.3) is 0 Å². The first-order valence-electron chi connectivity index (χ1n) is 12.3. The number of nitrogens with zero attached hydrogens (tertiary/aromatic N) is 2. The topological polar surface area (TPSA) is 98.8 Å². The molecule has 0 radical (unpaired) electrons. The maximum Gasteiger partial charge on any atom is 0.327 e. The molecular formula is C27H28F2N4O4S. The lowest BCUT2D eigenvalue weighted by atomic mass is 10.1. The van der Waals surface area contributed by atoms with E-state index in [1.165, 1.54) is 47.0 Å². The molecule has 2 atom stereocenters. The SMILES string of the molecule is O=C(CCCCCN1C(=O)C2SC=CC2N(CC(=O)Nc2ccccc2F)C1=O)NCc1ccc(F)cc1. The summed E-state index contributed by atoms with van der Waals surface area (Å²) in [6.07, 6.45) is 3.71. The van der Waals surface area contributed by atoms with E-state index < -0.39 is 29.0 Å². The summed E-state index contributed by atoms with van der Waals surface area (Å²) >= 11 is 1.30. The van der Waals surface area contributed by atoms with Gasteiger partial charge in [-0.1, -0.05) is 36.8 Å². The summed E-state index contributed by atoms with van der Waals surface area (Å²) in [6.45, 7) is 0.159. The number of anilines is 1. The first kappa shape index (κ1) is 27.3. The number of para-hydroxylation sites is 1. The Bertz CT molecular complexity index is 1220. The number of benzene rings is 2. The Labute approximate surface area is 223 Å². The molecule has 0 aliphatic carbocycles. The van der Waals surface area contributed by atoms with Crippen molar-refractivity contribution >= 4 is 41.2 Å². The van der Waals surface area contributed by atoms with E-state index in [0.717, 1.165) is 10.5 Å². The van der Waals surface area contributed by atoms with Crippen molar-refractivity contribution in [1.29, 1.82) is 0 Å². The van der Waals surface area contributed by atoms with Crippen LogP contribution in [0.15, 0.2) is 60.0 Å². The van der Waals surface area contributed by atoms with Gasteiger partial charge in [-0.15, -0.1) is 11.8 Å². The Morgan fingerprint density at radius 1 is 0.947 bits per heavy atom. The number of carbonyl (C=O) groups is 4. The first-order chi connectivity index (χ1) is 18.3. The molecule has 8 nitrogen and oxygen atoms in total. The van der Waals surface area contributed by atoms with Crippen molar-refractivity contribution < 1.29 is 28.0 Å². The second kappa shape index (κ2) is 12.7. The van der Waals surface area contributed by atoms with Crippen molar-refractivity contribution in [2.24, 2.45) is 0 Å². The zero-order chi connectivity index (χ0) is 27.1. The Balaban J connectivity index is 1.25. The van der Waals surface area contributed by atoms with Crippen LogP contribution in [0.4, 0.5) is 19.3 Å². The Kier molecular flexibility index (Phi) is 9.11. The van der Waals surface area contributed by atoms with Crippen LogP contribution in [0.2, 0.25) is 0 Å². The minimum atomic E-state index is -0.582. The number of carbonyl (C=O) groups excluding carboxylic acids is 4. The minimum Gasteiger partial charge on any atom is -0.352 e. The Hall–Kier alpha value is -3.73. The summed E-state index contributed by atoms with van der Waals surface area (Å²) in [5.41, 5.74) is 0.816. The highest BCUT2D eigenvalue weighted by molar-refractivity contribution is 8.03. The standard InChI is InChI=1S/C27H28F2N4O4S/c28-19-11-9-18(10-12-19)16-30-23(34)8-2-1-5-14-32-26(36)25-22(13-15-38-25)33(27(32)37)17-24(35)31-21-7-4-3-6-20(21)29/h3-4,6-7,9-13,15,22,25H,1-2,5,8,14,16-17H2,(H,30,34)(H,31,35). The van der Waals surface area contributed by atoms with Gasteiger partial charge in [0.15, 0.2) is 0 Å². The molecule has 2 aliphatic rings. The van der Waals surface area contributed by atoms with Gasteiger partial charge in [-0.05, 0) is 48.1 Å². The van der Waals surface area contributed by atoms with Crippen LogP contribution in [0, 0.1) is 11.6 Å². The van der Waals surface area contributed by atoms with Crippen LogP contribution in [0.5, 0.6) is 0 Å². The first-order valence-corrected chi connectivity index (χ1v) is 13.3. The molecule has 4 rings (SSSR count). The molecule has 2 unspecified atom stereocenters. The second-order valence-corrected chi connectivity index (χ2v) is 10.1. The third-order valence-corrected chi connectivity index (χ3v) is 7.40. The van der Waals surface area contributed by atoms with Gasteiger partial charge < -0.3 is 15.5 Å². The van der Waals surface area contributed by atoms with E-state index in [1.54, 1.807) is 29.7 Å². The number of amides is 5. The minimum absolute atomic E-state index is 0.0180. The maximum absolute atomic E-state index is 13.9. The quantitative estimate of drug-likeness (QED) is 0.418. The van der Waals surface area contributed by atoms with Gasteiger partial charge in [0.05, 0.1) is 11.7 Å². The van der Waals surface area contributed by atoms with Gasteiger partial charge in [0.1, 0.15) is 23.4 Å². The summed E-state index contributed by atoms with van der Waals surface area (Å²) in [6, 6.07) is 10.5. The molecule has 2 aromatic carbocycles. The lowest BCUT2D eigenvalue weighted by Crippen LogP contribution is -2.63. The number of urea groups is 1. The highest BCUT2D eigenvalue weighted by atomic mass is 32.2. The largest absolute Gasteiger partial charge is 0.352 e.